The van der Waals surface area contributed by atoms with E-state index in [-0.39, 0.29) is 0 Å². The van der Waals surface area contributed by atoms with Crippen LogP contribution in [0, 0.1) is 5.92 Å². The Kier molecular flexibility index (Phi) is 4.02. The molecule has 122 valence electrons. The van der Waals surface area contributed by atoms with Crippen LogP contribution in [0.2, 0.25) is 0 Å². The molecule has 1 unspecified atom stereocenters. The highest BCUT2D eigenvalue weighted by atomic mass is 15.1. The molecule has 2 aliphatic carbocycles. The molecule has 0 bridgehead atoms. The molecule has 2 aromatic carbocycles. The van der Waals surface area contributed by atoms with E-state index in [0.29, 0.717) is 0 Å². The molecule has 0 N–H and O–H groups in total. The SMILES string of the molecule is C=Cc1ccc(N(C2=CCC(C)CC2)c2ccc3c(c2)CC3)cc1. The first-order valence-corrected chi connectivity index (χ1v) is 9.08. The van der Waals surface area contributed by atoms with Crippen molar-refractivity contribution in [3.63, 3.8) is 0 Å². The maximum atomic E-state index is 3.87. The average Bonchev–Trinajstić information content (AvgIpc) is 2.59. The van der Waals surface area contributed by atoms with Crippen molar-refractivity contribution in [1.29, 1.82) is 0 Å². The third kappa shape index (κ3) is 2.80. The molecular formula is C23H25N. The molecule has 0 fully saturated rings. The second-order valence-electron chi connectivity index (χ2n) is 7.16. The fraction of sp³-hybridized carbons (Fsp3) is 0.304. The van der Waals surface area contributed by atoms with E-state index in [9.17, 15) is 0 Å². The zero-order chi connectivity index (χ0) is 16.5. The van der Waals surface area contributed by atoms with E-state index in [1.807, 2.05) is 6.08 Å². The molecule has 2 aliphatic rings. The van der Waals surface area contributed by atoms with Crippen LogP contribution >= 0.6 is 0 Å². The summed E-state index contributed by atoms with van der Waals surface area (Å²) in [6.07, 6.45) is 10.4. The molecule has 1 heteroatoms. The van der Waals surface area contributed by atoms with Gasteiger partial charge in [0.15, 0.2) is 0 Å². The number of rotatable bonds is 4. The van der Waals surface area contributed by atoms with Gasteiger partial charge in [0.25, 0.3) is 0 Å². The number of hydrogen-bond acceptors (Lipinski definition) is 1. The van der Waals surface area contributed by atoms with Crippen LogP contribution in [0.5, 0.6) is 0 Å². The lowest BCUT2D eigenvalue weighted by atomic mass is 9.87. The first-order valence-electron chi connectivity index (χ1n) is 9.08. The van der Waals surface area contributed by atoms with Crippen LogP contribution in [0.4, 0.5) is 11.4 Å². The summed E-state index contributed by atoms with van der Waals surface area (Å²) in [5.74, 6) is 0.801. The van der Waals surface area contributed by atoms with Crippen molar-refractivity contribution in [2.45, 2.75) is 39.0 Å². The van der Waals surface area contributed by atoms with Crippen molar-refractivity contribution in [2.24, 2.45) is 5.92 Å². The van der Waals surface area contributed by atoms with Crippen LogP contribution in [0.15, 0.2) is 60.8 Å². The second-order valence-corrected chi connectivity index (χ2v) is 7.16. The van der Waals surface area contributed by atoms with Gasteiger partial charge in [0, 0.05) is 17.1 Å². The van der Waals surface area contributed by atoms with E-state index >= 15 is 0 Å². The Balaban J connectivity index is 1.75. The van der Waals surface area contributed by atoms with Crippen molar-refractivity contribution in [3.8, 4) is 0 Å². The topological polar surface area (TPSA) is 3.24 Å². The predicted octanol–water partition coefficient (Wildman–Crippen LogP) is 6.27. The Morgan fingerprint density at radius 2 is 1.71 bits per heavy atom. The van der Waals surface area contributed by atoms with Crippen LogP contribution in [-0.4, -0.2) is 0 Å². The molecule has 0 amide bonds. The molecule has 0 saturated heterocycles. The van der Waals surface area contributed by atoms with Gasteiger partial charge in [-0.3, -0.25) is 0 Å². The Bertz CT molecular complexity index is 782. The van der Waals surface area contributed by atoms with Crippen LogP contribution in [0.3, 0.4) is 0 Å². The summed E-state index contributed by atoms with van der Waals surface area (Å²) >= 11 is 0. The summed E-state index contributed by atoms with van der Waals surface area (Å²) in [5.41, 5.74) is 8.21. The Labute approximate surface area is 145 Å². The van der Waals surface area contributed by atoms with Gasteiger partial charge in [-0.25, -0.2) is 0 Å². The Morgan fingerprint density at radius 3 is 2.29 bits per heavy atom. The van der Waals surface area contributed by atoms with Gasteiger partial charge in [0.2, 0.25) is 0 Å². The van der Waals surface area contributed by atoms with E-state index < -0.39 is 0 Å². The van der Waals surface area contributed by atoms with Crippen molar-refractivity contribution in [2.75, 3.05) is 4.90 Å². The molecule has 4 rings (SSSR count). The summed E-state index contributed by atoms with van der Waals surface area (Å²) in [5, 5.41) is 0. The highest BCUT2D eigenvalue weighted by Gasteiger charge is 2.21. The molecule has 0 heterocycles. The zero-order valence-corrected chi connectivity index (χ0v) is 14.5. The highest BCUT2D eigenvalue weighted by Crippen LogP contribution is 2.38. The summed E-state index contributed by atoms with van der Waals surface area (Å²) in [4.78, 5) is 2.46. The van der Waals surface area contributed by atoms with Crippen molar-refractivity contribution in [1.82, 2.24) is 0 Å². The van der Waals surface area contributed by atoms with Crippen LogP contribution in [-0.2, 0) is 12.8 Å². The number of benzene rings is 2. The molecule has 0 spiro atoms. The van der Waals surface area contributed by atoms with E-state index in [0.717, 1.165) is 12.3 Å². The van der Waals surface area contributed by atoms with E-state index in [4.69, 9.17) is 0 Å². The number of anilines is 2. The number of allylic oxidation sites excluding steroid dienone is 2. The van der Waals surface area contributed by atoms with Gasteiger partial charge >= 0.3 is 0 Å². The third-order valence-electron chi connectivity index (χ3n) is 5.44. The monoisotopic (exact) mass is 315 g/mol. The first kappa shape index (κ1) is 15.3. The normalized spacial score (nSPS) is 19.0. The van der Waals surface area contributed by atoms with Gasteiger partial charge in [-0.05, 0) is 79.0 Å². The smallest absolute Gasteiger partial charge is 0.0461 e. The highest BCUT2D eigenvalue weighted by molar-refractivity contribution is 5.71. The summed E-state index contributed by atoms with van der Waals surface area (Å²) in [7, 11) is 0. The maximum absolute atomic E-state index is 3.87. The van der Waals surface area contributed by atoms with Gasteiger partial charge < -0.3 is 4.90 Å². The minimum absolute atomic E-state index is 0.801. The largest absolute Gasteiger partial charge is 0.315 e. The molecular weight excluding hydrogens is 290 g/mol. The van der Waals surface area contributed by atoms with E-state index in [1.165, 1.54) is 59.4 Å². The van der Waals surface area contributed by atoms with Gasteiger partial charge in [-0.1, -0.05) is 43.9 Å². The van der Waals surface area contributed by atoms with E-state index in [1.54, 1.807) is 0 Å². The molecule has 2 aromatic rings. The number of aryl methyl sites for hydroxylation is 2. The van der Waals surface area contributed by atoms with Crippen LogP contribution < -0.4 is 4.90 Å². The van der Waals surface area contributed by atoms with E-state index in [2.05, 4.69) is 66.9 Å². The quantitative estimate of drug-likeness (QED) is 0.642. The fourth-order valence-corrected chi connectivity index (χ4v) is 3.72. The second kappa shape index (κ2) is 6.32. The molecule has 0 radical (unpaired) electrons. The van der Waals surface area contributed by atoms with Gasteiger partial charge in [0.1, 0.15) is 0 Å². The Morgan fingerprint density at radius 1 is 0.958 bits per heavy atom. The van der Waals surface area contributed by atoms with Crippen molar-refractivity contribution < 1.29 is 0 Å². The van der Waals surface area contributed by atoms with Gasteiger partial charge in [-0.15, -0.1) is 0 Å². The lowest BCUT2D eigenvalue weighted by Crippen LogP contribution is -2.21. The summed E-state index contributed by atoms with van der Waals surface area (Å²) in [6, 6.07) is 15.7. The standard InChI is InChI=1S/C23H25N/c1-3-18-6-13-22(14-7-18)24(21-11-4-17(2)5-12-21)23-15-10-19-8-9-20(19)16-23/h3,6-7,10-11,13-17H,1,4-5,8-9,12H2,2H3. The number of nitrogens with zero attached hydrogens (tertiary/aromatic N) is 1. The fourth-order valence-electron chi connectivity index (χ4n) is 3.72. The lowest BCUT2D eigenvalue weighted by Gasteiger charge is -2.33. The number of fused-ring (bicyclic) bond motifs is 1. The predicted molar refractivity (Wildman–Crippen MR) is 104 cm³/mol. The zero-order valence-electron chi connectivity index (χ0n) is 14.5. The van der Waals surface area contributed by atoms with Gasteiger partial charge in [0.05, 0.1) is 0 Å². The minimum atomic E-state index is 0.801. The molecule has 0 aliphatic heterocycles. The average molecular weight is 315 g/mol. The summed E-state index contributed by atoms with van der Waals surface area (Å²) in [6.45, 7) is 6.21. The van der Waals surface area contributed by atoms with Crippen LogP contribution in [0.25, 0.3) is 6.08 Å². The molecule has 0 aromatic heterocycles. The molecule has 1 atom stereocenters. The number of hydrogen-bond donors (Lipinski definition) is 0. The van der Waals surface area contributed by atoms with Crippen molar-refractivity contribution in [3.05, 3.63) is 77.5 Å². The first-order chi connectivity index (χ1) is 11.7. The summed E-state index contributed by atoms with van der Waals surface area (Å²) < 4.78 is 0. The van der Waals surface area contributed by atoms with Crippen molar-refractivity contribution >= 4 is 17.5 Å². The lowest BCUT2D eigenvalue weighted by molar-refractivity contribution is 0.510. The maximum Gasteiger partial charge on any atom is 0.0461 e. The van der Waals surface area contributed by atoms with Gasteiger partial charge in [-0.2, -0.15) is 0 Å². The molecule has 1 nitrogen and oxygen atoms in total. The third-order valence-corrected chi connectivity index (χ3v) is 5.44. The molecule has 24 heavy (non-hydrogen) atoms. The Hall–Kier alpha value is -2.28. The minimum Gasteiger partial charge on any atom is -0.315 e. The molecule has 0 saturated carbocycles. The van der Waals surface area contributed by atoms with Crippen LogP contribution in [0.1, 0.15) is 42.9 Å².